The number of hydrogen-bond donors (Lipinski definition) is 1. The van der Waals surface area contributed by atoms with Gasteiger partial charge in [-0.15, -0.1) is 11.3 Å². The van der Waals surface area contributed by atoms with E-state index in [-0.39, 0.29) is 11.6 Å². The molecule has 5 rings (SSSR count). The summed E-state index contributed by atoms with van der Waals surface area (Å²) in [6, 6.07) is 11.4. The number of amides is 1. The maximum Gasteiger partial charge on any atom is 0.312 e. The van der Waals surface area contributed by atoms with Gasteiger partial charge in [0.25, 0.3) is 5.91 Å². The van der Waals surface area contributed by atoms with Crippen LogP contribution in [0.3, 0.4) is 0 Å². The molecule has 1 aliphatic heterocycles. The van der Waals surface area contributed by atoms with Crippen molar-refractivity contribution in [1.82, 2.24) is 19.6 Å². The molecule has 0 atom stereocenters. The summed E-state index contributed by atoms with van der Waals surface area (Å²) in [5.74, 6) is -5.03. The van der Waals surface area contributed by atoms with Crippen LogP contribution in [0.25, 0.3) is 26.9 Å². The summed E-state index contributed by atoms with van der Waals surface area (Å²) in [6.45, 7) is 2.87. The molecule has 35 heavy (non-hydrogen) atoms. The SMILES string of the molecule is CN1CCN(C(=O)c2ccc(-c3ccc(=[N-])n(C(=N)C(F)(F)c4ccc5occc5c4)n3)s2)CC1. The maximum absolute atomic E-state index is 15.2. The average molecular weight is 496 g/mol. The Hall–Kier alpha value is -3.70. The van der Waals surface area contributed by atoms with Gasteiger partial charge >= 0.3 is 5.92 Å². The Bertz CT molecular complexity index is 1480. The van der Waals surface area contributed by atoms with Crippen molar-refractivity contribution < 1.29 is 18.0 Å². The number of rotatable bonds is 4. The Morgan fingerprint density at radius 3 is 2.66 bits per heavy atom. The molecule has 3 aromatic heterocycles. The number of piperazine rings is 1. The van der Waals surface area contributed by atoms with Crippen LogP contribution in [0.2, 0.25) is 0 Å². The highest BCUT2D eigenvalue weighted by atomic mass is 32.1. The second-order valence-electron chi connectivity index (χ2n) is 8.34. The Kier molecular flexibility index (Phi) is 5.81. The van der Waals surface area contributed by atoms with Crippen molar-refractivity contribution in [1.29, 1.82) is 5.41 Å². The number of carbonyl (C=O) groups is 1. The Balaban J connectivity index is 1.42. The van der Waals surface area contributed by atoms with E-state index in [0.29, 0.717) is 38.5 Å². The van der Waals surface area contributed by atoms with Crippen molar-refractivity contribution >= 4 is 34.0 Å². The minimum Gasteiger partial charge on any atom is -0.464 e. The quantitative estimate of drug-likeness (QED) is 0.343. The molecule has 0 bridgehead atoms. The van der Waals surface area contributed by atoms with Gasteiger partial charge < -0.3 is 29.7 Å². The molecular formula is C24H21F2N6O2S-. The molecule has 1 N–H and O–H groups in total. The molecule has 4 aromatic rings. The van der Waals surface area contributed by atoms with Gasteiger partial charge in [-0.1, -0.05) is 6.07 Å². The first-order valence-electron chi connectivity index (χ1n) is 10.9. The number of hydrogen-bond acceptors (Lipinski definition) is 6. The number of carbonyl (C=O) groups excluding carboxylic acids is 1. The number of alkyl halides is 2. The Labute approximate surface area is 203 Å². The first-order valence-corrected chi connectivity index (χ1v) is 11.7. The maximum atomic E-state index is 15.2. The fraction of sp³-hybridized carbons (Fsp3) is 0.250. The van der Waals surface area contributed by atoms with E-state index < -0.39 is 22.8 Å². The number of likely N-dealkylation sites (N-methyl/N-ethyl adjacent to an activating group) is 1. The monoisotopic (exact) mass is 495 g/mol. The summed E-state index contributed by atoms with van der Waals surface area (Å²) in [4.78, 5) is 17.9. The van der Waals surface area contributed by atoms with Gasteiger partial charge in [0.15, 0.2) is 0 Å². The standard InChI is InChI=1S/C24H21F2N6O2S/c1-30-9-11-31(12-10-30)22(33)20-6-5-19(35-20)17-3-7-21(27)32(29-17)23(28)24(25,26)16-2-4-18-15(14-16)8-13-34-18/h2-8,13-14,28H,9-12H2,1H3/q-1. The predicted molar refractivity (Wildman–Crippen MR) is 129 cm³/mol. The summed E-state index contributed by atoms with van der Waals surface area (Å²) in [7, 11) is 2.01. The van der Waals surface area contributed by atoms with Crippen molar-refractivity contribution in [2.75, 3.05) is 33.2 Å². The van der Waals surface area contributed by atoms with E-state index in [1.807, 2.05) is 7.05 Å². The van der Waals surface area contributed by atoms with Crippen molar-refractivity contribution in [3.05, 3.63) is 76.1 Å². The van der Waals surface area contributed by atoms with Gasteiger partial charge in [-0.2, -0.15) is 8.78 Å². The number of nitrogens with one attached hydrogen (secondary N) is 1. The first-order chi connectivity index (χ1) is 16.7. The highest BCUT2D eigenvalue weighted by Gasteiger charge is 2.36. The van der Waals surface area contributed by atoms with Crippen LogP contribution >= 0.6 is 11.3 Å². The topological polar surface area (TPSA) is 101 Å². The van der Waals surface area contributed by atoms with E-state index in [1.54, 1.807) is 23.1 Å². The molecule has 0 unspecified atom stereocenters. The number of aromatic nitrogens is 2. The highest BCUT2D eigenvalue weighted by molar-refractivity contribution is 7.17. The summed E-state index contributed by atoms with van der Waals surface area (Å²) in [6.07, 6.45) is 1.40. The molecule has 0 spiro atoms. The molecule has 1 aromatic carbocycles. The summed E-state index contributed by atoms with van der Waals surface area (Å²) in [5, 5.41) is 23.0. The van der Waals surface area contributed by atoms with Gasteiger partial charge in [0, 0.05) is 37.1 Å². The van der Waals surface area contributed by atoms with Crippen LogP contribution in [0.5, 0.6) is 0 Å². The fourth-order valence-corrected chi connectivity index (χ4v) is 4.84. The largest absolute Gasteiger partial charge is 0.464 e. The molecule has 1 saturated heterocycles. The van der Waals surface area contributed by atoms with Crippen molar-refractivity contribution in [2.24, 2.45) is 0 Å². The van der Waals surface area contributed by atoms with Crippen molar-refractivity contribution in [3.8, 4) is 10.6 Å². The number of halogens is 2. The number of benzene rings is 1. The Morgan fingerprint density at radius 2 is 1.89 bits per heavy atom. The predicted octanol–water partition coefficient (Wildman–Crippen LogP) is 3.83. The first kappa shape index (κ1) is 23.1. The normalized spacial score (nSPS) is 15.0. The van der Waals surface area contributed by atoms with Crippen molar-refractivity contribution in [3.63, 3.8) is 0 Å². The van der Waals surface area contributed by atoms with Crippen LogP contribution in [0.4, 0.5) is 8.78 Å². The molecule has 4 heterocycles. The van der Waals surface area contributed by atoms with Gasteiger partial charge in [0.2, 0.25) is 0 Å². The molecule has 11 heteroatoms. The van der Waals surface area contributed by atoms with Crippen molar-refractivity contribution in [2.45, 2.75) is 5.92 Å². The number of furan rings is 1. The lowest BCUT2D eigenvalue weighted by atomic mass is 10.1. The van der Waals surface area contributed by atoms with E-state index in [0.717, 1.165) is 13.1 Å². The summed E-state index contributed by atoms with van der Waals surface area (Å²) >= 11 is 1.19. The van der Waals surface area contributed by atoms with Gasteiger partial charge in [0.1, 0.15) is 11.4 Å². The number of fused-ring (bicyclic) bond motifs is 1. The molecule has 1 amide bonds. The molecule has 180 valence electrons. The zero-order valence-electron chi connectivity index (χ0n) is 18.7. The highest BCUT2D eigenvalue weighted by Crippen LogP contribution is 2.32. The lowest BCUT2D eigenvalue weighted by Crippen LogP contribution is -2.46. The van der Waals surface area contributed by atoms with Crippen LogP contribution in [-0.2, 0) is 5.92 Å². The zero-order valence-corrected chi connectivity index (χ0v) is 19.6. The molecule has 8 nitrogen and oxygen atoms in total. The van der Waals surface area contributed by atoms with Crippen LogP contribution < -0.4 is 5.49 Å². The lowest BCUT2D eigenvalue weighted by Gasteiger charge is -2.32. The molecule has 0 aliphatic carbocycles. The smallest absolute Gasteiger partial charge is 0.312 e. The second-order valence-corrected chi connectivity index (χ2v) is 9.43. The summed E-state index contributed by atoms with van der Waals surface area (Å²) in [5.41, 5.74) is -0.317. The fourth-order valence-electron chi connectivity index (χ4n) is 3.90. The third-order valence-corrected chi connectivity index (χ3v) is 7.09. The van der Waals surface area contributed by atoms with Gasteiger partial charge in [-0.05, 0) is 55.0 Å². The molecule has 0 radical (unpaired) electrons. The average Bonchev–Trinajstić information content (AvgIpc) is 3.53. The second kappa shape index (κ2) is 8.82. The third-order valence-electron chi connectivity index (χ3n) is 6.00. The van der Waals surface area contributed by atoms with E-state index in [9.17, 15) is 10.2 Å². The molecular weight excluding hydrogens is 474 g/mol. The number of nitrogens with zero attached hydrogens (tertiary/aromatic N) is 5. The van der Waals surface area contributed by atoms with E-state index in [1.165, 1.54) is 47.9 Å². The van der Waals surface area contributed by atoms with Crippen LogP contribution in [0.1, 0.15) is 15.2 Å². The van der Waals surface area contributed by atoms with Crippen LogP contribution in [0, 0.1) is 5.41 Å². The minimum atomic E-state index is -3.74. The number of thiophene rings is 1. The Morgan fingerprint density at radius 1 is 1.11 bits per heavy atom. The van der Waals surface area contributed by atoms with Gasteiger partial charge in [0.05, 0.1) is 21.7 Å². The van der Waals surface area contributed by atoms with Crippen LogP contribution in [-0.4, -0.2) is 64.5 Å². The molecule has 0 saturated carbocycles. The van der Waals surface area contributed by atoms with Gasteiger partial charge in [-0.25, -0.2) is 0 Å². The summed E-state index contributed by atoms with van der Waals surface area (Å²) < 4.78 is 36.2. The molecule has 1 aliphatic rings. The minimum absolute atomic E-state index is 0.0880. The van der Waals surface area contributed by atoms with E-state index in [2.05, 4.69) is 10.00 Å². The van der Waals surface area contributed by atoms with Crippen LogP contribution in [0.15, 0.2) is 59.2 Å². The zero-order chi connectivity index (χ0) is 24.7. The third kappa shape index (κ3) is 4.28. The van der Waals surface area contributed by atoms with E-state index in [4.69, 9.17) is 9.83 Å². The molecule has 1 fully saturated rings. The lowest BCUT2D eigenvalue weighted by molar-refractivity contribution is 0.0668. The van der Waals surface area contributed by atoms with Gasteiger partial charge in [-0.3, -0.25) is 9.89 Å². The van der Waals surface area contributed by atoms with E-state index >= 15 is 8.78 Å².